The summed E-state index contributed by atoms with van der Waals surface area (Å²) in [6.45, 7) is 0. The summed E-state index contributed by atoms with van der Waals surface area (Å²) < 4.78 is 2.09. The first-order chi connectivity index (χ1) is 11.3. The van der Waals surface area contributed by atoms with E-state index in [4.69, 9.17) is 4.99 Å². The summed E-state index contributed by atoms with van der Waals surface area (Å²) in [5.74, 6) is 1.53. The van der Waals surface area contributed by atoms with Crippen LogP contribution in [-0.4, -0.2) is 24.5 Å². The molecule has 5 heteroatoms. The number of fused-ring (bicyclic) bond motifs is 1. The third-order valence-corrected chi connectivity index (χ3v) is 7.19. The molecule has 4 rings (SSSR count). The summed E-state index contributed by atoms with van der Waals surface area (Å²) in [4.78, 5) is 8.98. The number of nitrogens with zero attached hydrogens (tertiary/aromatic N) is 3. The van der Waals surface area contributed by atoms with Crippen LogP contribution in [0.1, 0.15) is 44.1 Å². The Morgan fingerprint density at radius 2 is 1.96 bits per heavy atom. The van der Waals surface area contributed by atoms with Gasteiger partial charge in [0.05, 0.1) is 6.20 Å². The van der Waals surface area contributed by atoms with Crippen molar-refractivity contribution in [1.29, 1.82) is 0 Å². The highest BCUT2D eigenvalue weighted by molar-refractivity contribution is 8.29. The molecule has 4 nitrogen and oxygen atoms in total. The average molecular weight is 329 g/mol. The number of hydrogen-bond donors (Lipinski definition) is 2. The van der Waals surface area contributed by atoms with Crippen molar-refractivity contribution in [3.05, 3.63) is 48.4 Å². The maximum Gasteiger partial charge on any atom is 0.162 e. The zero-order valence-electron chi connectivity index (χ0n) is 13.2. The molecule has 1 saturated carbocycles. The van der Waals surface area contributed by atoms with E-state index in [0.29, 0.717) is 5.92 Å². The number of rotatable bonds is 4. The minimum atomic E-state index is -0.890. The van der Waals surface area contributed by atoms with E-state index in [0.717, 1.165) is 22.8 Å². The highest BCUT2D eigenvalue weighted by atomic mass is 32.2. The molecule has 1 aromatic carbocycles. The van der Waals surface area contributed by atoms with Crippen molar-refractivity contribution in [2.75, 3.05) is 0 Å². The summed E-state index contributed by atoms with van der Waals surface area (Å²) in [7, 11) is 0. The first-order valence-electron chi connectivity index (χ1n) is 8.47. The Morgan fingerprint density at radius 3 is 2.74 bits per heavy atom. The molecule has 2 heterocycles. The highest BCUT2D eigenvalue weighted by Crippen LogP contribution is 2.48. The Bertz CT molecular complexity index is 691. The van der Waals surface area contributed by atoms with Crippen LogP contribution in [0.2, 0.25) is 0 Å². The van der Waals surface area contributed by atoms with Gasteiger partial charge in [0.25, 0.3) is 0 Å². The third kappa shape index (κ3) is 2.95. The van der Waals surface area contributed by atoms with Gasteiger partial charge in [-0.2, -0.15) is 0 Å². The lowest BCUT2D eigenvalue weighted by Gasteiger charge is -2.30. The van der Waals surface area contributed by atoms with E-state index in [2.05, 4.69) is 21.1 Å². The quantitative estimate of drug-likeness (QED) is 0.832. The molecule has 0 amide bonds. The van der Waals surface area contributed by atoms with Crippen molar-refractivity contribution in [3.8, 4) is 0 Å². The molecule has 1 aliphatic heterocycles. The topological polar surface area (TPSA) is 50.4 Å². The van der Waals surface area contributed by atoms with Crippen LogP contribution in [0.15, 0.2) is 47.8 Å². The minimum Gasteiger partial charge on any atom is -0.382 e. The molecule has 0 radical (unpaired) electrons. The summed E-state index contributed by atoms with van der Waals surface area (Å²) in [6, 6.07) is 10.2. The van der Waals surface area contributed by atoms with E-state index >= 15 is 0 Å². The van der Waals surface area contributed by atoms with Gasteiger partial charge in [-0.15, -0.1) is 0 Å². The number of aliphatic imine (C=N–C) groups is 1. The van der Waals surface area contributed by atoms with Gasteiger partial charge in [0.15, 0.2) is 5.82 Å². The smallest absolute Gasteiger partial charge is 0.162 e. The zero-order valence-corrected chi connectivity index (χ0v) is 14.1. The molecule has 1 N–H and O–H groups in total. The fraction of sp³-hybridized carbons (Fsp3) is 0.444. The molecule has 122 valence electrons. The SMILES string of the molecule is OC(CC1CCCCC1)[SH]1C(c2ccccc2)=Nc2cncn21. The Morgan fingerprint density at radius 1 is 1.17 bits per heavy atom. The van der Waals surface area contributed by atoms with Crippen LogP contribution in [0.3, 0.4) is 0 Å². The Balaban J connectivity index is 1.60. The largest absolute Gasteiger partial charge is 0.382 e. The number of aliphatic hydroxyl groups is 1. The van der Waals surface area contributed by atoms with E-state index in [9.17, 15) is 5.11 Å². The van der Waals surface area contributed by atoms with Gasteiger partial charge in [0, 0.05) is 5.56 Å². The Labute approximate surface area is 139 Å². The predicted octanol–water partition coefficient (Wildman–Crippen LogP) is 4.03. The predicted molar refractivity (Wildman–Crippen MR) is 96.4 cm³/mol. The molecule has 2 aromatic rings. The second-order valence-electron chi connectivity index (χ2n) is 6.46. The summed E-state index contributed by atoms with van der Waals surface area (Å²) in [5.41, 5.74) is 0.771. The average Bonchev–Trinajstić information content (AvgIpc) is 3.17. The molecule has 0 spiro atoms. The van der Waals surface area contributed by atoms with Gasteiger partial charge < -0.3 is 5.11 Å². The van der Waals surface area contributed by atoms with Crippen molar-refractivity contribution < 1.29 is 5.11 Å². The molecule has 1 aromatic heterocycles. The molecule has 2 unspecified atom stereocenters. The van der Waals surface area contributed by atoms with Gasteiger partial charge >= 0.3 is 0 Å². The molecule has 0 saturated heterocycles. The molecule has 2 aliphatic rings. The van der Waals surface area contributed by atoms with Crippen LogP contribution in [-0.2, 0) is 0 Å². The van der Waals surface area contributed by atoms with Crippen LogP contribution in [0.25, 0.3) is 0 Å². The maximum absolute atomic E-state index is 11.0. The molecule has 2 atom stereocenters. The highest BCUT2D eigenvalue weighted by Gasteiger charge is 2.31. The van der Waals surface area contributed by atoms with E-state index in [1.54, 1.807) is 6.20 Å². The van der Waals surface area contributed by atoms with Gasteiger partial charge in [0.2, 0.25) is 0 Å². The summed E-state index contributed by atoms with van der Waals surface area (Å²) in [5, 5.41) is 12.0. The van der Waals surface area contributed by atoms with Crippen LogP contribution >= 0.6 is 11.1 Å². The Hall–Kier alpha value is -1.59. The molecule has 1 aliphatic carbocycles. The van der Waals surface area contributed by atoms with Crippen LogP contribution in [0, 0.1) is 5.92 Å². The van der Waals surface area contributed by atoms with E-state index in [-0.39, 0.29) is 5.44 Å². The van der Waals surface area contributed by atoms with Crippen molar-refractivity contribution in [2.45, 2.75) is 44.0 Å². The fourth-order valence-corrected chi connectivity index (χ4v) is 6.06. The fourth-order valence-electron chi connectivity index (χ4n) is 3.68. The molecular formula is C18H23N3OS. The van der Waals surface area contributed by atoms with Gasteiger partial charge in [-0.3, -0.25) is 3.97 Å². The standard InChI is InChI=1S/C18H23N3OS/c22-17(11-14-7-3-1-4-8-14)23-18(15-9-5-2-6-10-15)20-16-12-19-13-21(16)23/h2,5-6,9-10,12-14,17,22-23H,1,3-4,7-8,11H2. The van der Waals surface area contributed by atoms with Crippen LogP contribution in [0.5, 0.6) is 0 Å². The number of hydrogen-bond acceptors (Lipinski definition) is 3. The van der Waals surface area contributed by atoms with Crippen LogP contribution < -0.4 is 0 Å². The first kappa shape index (κ1) is 15.0. The number of imidazole rings is 1. The first-order valence-corrected chi connectivity index (χ1v) is 9.83. The molecule has 23 heavy (non-hydrogen) atoms. The van der Waals surface area contributed by atoms with Crippen molar-refractivity contribution in [3.63, 3.8) is 0 Å². The van der Waals surface area contributed by atoms with Gasteiger partial charge in [0.1, 0.15) is 16.8 Å². The molecule has 1 fully saturated rings. The molecular weight excluding hydrogens is 306 g/mol. The lowest BCUT2D eigenvalue weighted by atomic mass is 9.87. The van der Waals surface area contributed by atoms with Gasteiger partial charge in [-0.1, -0.05) is 73.5 Å². The summed E-state index contributed by atoms with van der Waals surface area (Å²) >= 11 is -0.890. The number of benzene rings is 1. The third-order valence-electron chi connectivity index (χ3n) is 4.85. The monoisotopic (exact) mass is 329 g/mol. The second kappa shape index (κ2) is 6.49. The number of aliphatic hydroxyl groups excluding tert-OH is 1. The van der Waals surface area contributed by atoms with E-state index in [1.807, 2.05) is 24.5 Å². The minimum absolute atomic E-state index is 0.345. The second-order valence-corrected chi connectivity index (χ2v) is 8.60. The zero-order chi connectivity index (χ0) is 15.6. The lowest BCUT2D eigenvalue weighted by Crippen LogP contribution is -2.21. The lowest BCUT2D eigenvalue weighted by molar-refractivity contribution is 0.201. The number of aromatic nitrogens is 2. The summed E-state index contributed by atoms with van der Waals surface area (Å²) in [6.07, 6.45) is 11.0. The van der Waals surface area contributed by atoms with Crippen molar-refractivity contribution in [2.24, 2.45) is 10.9 Å². The maximum atomic E-state index is 11.0. The normalized spacial score (nSPS) is 24.2. The van der Waals surface area contributed by atoms with Gasteiger partial charge in [-0.05, 0) is 12.3 Å². The molecule has 0 bridgehead atoms. The van der Waals surface area contributed by atoms with Crippen molar-refractivity contribution >= 4 is 21.9 Å². The number of thiol groups is 1. The van der Waals surface area contributed by atoms with E-state index in [1.165, 1.54) is 32.1 Å². The van der Waals surface area contributed by atoms with Gasteiger partial charge in [-0.25, -0.2) is 9.98 Å². The van der Waals surface area contributed by atoms with Crippen LogP contribution in [0.4, 0.5) is 5.82 Å². The Kier molecular flexibility index (Phi) is 4.23. The van der Waals surface area contributed by atoms with E-state index < -0.39 is 11.1 Å². The van der Waals surface area contributed by atoms with Crippen molar-refractivity contribution in [1.82, 2.24) is 8.96 Å².